The number of nitrogens with two attached hydrogens (primary N) is 1. The summed E-state index contributed by atoms with van der Waals surface area (Å²) in [6, 6.07) is 7.63. The van der Waals surface area contributed by atoms with Crippen molar-refractivity contribution in [1.82, 2.24) is 5.32 Å². The molecule has 2 atom stereocenters. The number of rotatable bonds is 2. The molecule has 0 saturated heterocycles. The Morgan fingerprint density at radius 1 is 1.21 bits per heavy atom. The number of nitrogens with one attached hydrogen (secondary N) is 1. The molecule has 1 aromatic carbocycles. The van der Waals surface area contributed by atoms with Gasteiger partial charge in [-0.1, -0.05) is 32.8 Å². The predicted octanol–water partition coefficient (Wildman–Crippen LogP) is 3.81. The van der Waals surface area contributed by atoms with Gasteiger partial charge in [0.25, 0.3) is 0 Å². The summed E-state index contributed by atoms with van der Waals surface area (Å²) in [5, 5.41) is 3.94. The molecule has 0 aliphatic heterocycles. The fourth-order valence-corrected chi connectivity index (χ4v) is 3.86. The molecule has 19 heavy (non-hydrogen) atoms. The van der Waals surface area contributed by atoms with Crippen LogP contribution >= 0.6 is 0 Å². The molecule has 1 fully saturated rings. The van der Waals surface area contributed by atoms with Gasteiger partial charge < -0.3 is 11.1 Å². The van der Waals surface area contributed by atoms with E-state index >= 15 is 0 Å². The third-order valence-corrected chi connectivity index (χ3v) is 5.15. The minimum absolute atomic E-state index is 0.439. The molecule has 2 aliphatic rings. The van der Waals surface area contributed by atoms with Crippen LogP contribution in [0.1, 0.15) is 63.1 Å². The minimum atomic E-state index is 0.439. The maximum atomic E-state index is 5.88. The second kappa shape index (κ2) is 4.82. The molecule has 104 valence electrons. The van der Waals surface area contributed by atoms with Gasteiger partial charge in [0.2, 0.25) is 0 Å². The number of fused-ring (bicyclic) bond motifs is 1. The van der Waals surface area contributed by atoms with Gasteiger partial charge in [0.05, 0.1) is 0 Å². The second-order valence-electron chi connectivity index (χ2n) is 7.00. The van der Waals surface area contributed by atoms with E-state index < -0.39 is 0 Å². The number of aryl methyl sites for hydroxylation is 1. The standard InChI is InChI=1S/C17H26N2/c1-17(2)10-4-3-5-16(17)19-15-9-6-12-11-13(18)7-8-14(12)15/h7-8,11,15-16,19H,3-6,9-10,18H2,1-2H3. The van der Waals surface area contributed by atoms with Gasteiger partial charge in [0.15, 0.2) is 0 Å². The predicted molar refractivity (Wildman–Crippen MR) is 81.1 cm³/mol. The number of benzene rings is 1. The first kappa shape index (κ1) is 13.0. The topological polar surface area (TPSA) is 38.0 Å². The van der Waals surface area contributed by atoms with Crippen LogP contribution < -0.4 is 11.1 Å². The van der Waals surface area contributed by atoms with E-state index in [1.165, 1.54) is 49.7 Å². The first-order valence-electron chi connectivity index (χ1n) is 7.71. The molecule has 1 saturated carbocycles. The van der Waals surface area contributed by atoms with Crippen molar-refractivity contribution in [2.75, 3.05) is 5.73 Å². The highest BCUT2D eigenvalue weighted by molar-refractivity contribution is 5.47. The van der Waals surface area contributed by atoms with Gasteiger partial charge in [-0.25, -0.2) is 0 Å². The zero-order valence-corrected chi connectivity index (χ0v) is 12.2. The Balaban J connectivity index is 1.75. The smallest absolute Gasteiger partial charge is 0.0328 e. The molecule has 2 nitrogen and oxygen atoms in total. The highest BCUT2D eigenvalue weighted by Gasteiger charge is 2.35. The van der Waals surface area contributed by atoms with E-state index in [1.807, 2.05) is 6.07 Å². The van der Waals surface area contributed by atoms with Gasteiger partial charge in [-0.2, -0.15) is 0 Å². The number of hydrogen-bond donors (Lipinski definition) is 2. The van der Waals surface area contributed by atoms with Crippen molar-refractivity contribution in [2.45, 2.75) is 64.5 Å². The third-order valence-electron chi connectivity index (χ3n) is 5.15. The van der Waals surface area contributed by atoms with Crippen molar-refractivity contribution in [3.05, 3.63) is 29.3 Å². The van der Waals surface area contributed by atoms with Crippen LogP contribution in [-0.2, 0) is 6.42 Å². The first-order chi connectivity index (χ1) is 9.06. The monoisotopic (exact) mass is 258 g/mol. The van der Waals surface area contributed by atoms with E-state index in [9.17, 15) is 0 Å². The van der Waals surface area contributed by atoms with Crippen LogP contribution in [0, 0.1) is 5.41 Å². The van der Waals surface area contributed by atoms with Crippen LogP contribution in [0.25, 0.3) is 0 Å². The van der Waals surface area contributed by atoms with Crippen LogP contribution in [0.2, 0.25) is 0 Å². The molecule has 0 aromatic heterocycles. The summed E-state index contributed by atoms with van der Waals surface area (Å²) in [4.78, 5) is 0. The lowest BCUT2D eigenvalue weighted by Gasteiger charge is -2.41. The molecule has 0 spiro atoms. The van der Waals surface area contributed by atoms with Gasteiger partial charge in [-0.15, -0.1) is 0 Å². The van der Waals surface area contributed by atoms with E-state index in [1.54, 1.807) is 0 Å². The maximum Gasteiger partial charge on any atom is 0.0328 e. The van der Waals surface area contributed by atoms with Crippen molar-refractivity contribution >= 4 is 5.69 Å². The van der Waals surface area contributed by atoms with Crippen molar-refractivity contribution in [3.63, 3.8) is 0 Å². The van der Waals surface area contributed by atoms with Crippen LogP contribution in [-0.4, -0.2) is 6.04 Å². The van der Waals surface area contributed by atoms with E-state index in [0.29, 0.717) is 17.5 Å². The fourth-order valence-electron chi connectivity index (χ4n) is 3.86. The Labute approximate surface area is 116 Å². The lowest BCUT2D eigenvalue weighted by Crippen LogP contribution is -2.45. The molecule has 3 rings (SSSR count). The van der Waals surface area contributed by atoms with E-state index in [4.69, 9.17) is 5.73 Å². The van der Waals surface area contributed by atoms with Crippen LogP contribution in [0.15, 0.2) is 18.2 Å². The summed E-state index contributed by atoms with van der Waals surface area (Å²) >= 11 is 0. The van der Waals surface area contributed by atoms with Crippen LogP contribution in [0.3, 0.4) is 0 Å². The third kappa shape index (κ3) is 2.51. The van der Waals surface area contributed by atoms with E-state index in [-0.39, 0.29) is 0 Å². The second-order valence-corrected chi connectivity index (χ2v) is 7.00. The lowest BCUT2D eigenvalue weighted by atomic mass is 9.73. The van der Waals surface area contributed by atoms with Crippen LogP contribution in [0.5, 0.6) is 0 Å². The van der Waals surface area contributed by atoms with Gasteiger partial charge >= 0.3 is 0 Å². The molecular weight excluding hydrogens is 232 g/mol. The molecule has 2 unspecified atom stereocenters. The molecule has 3 N–H and O–H groups in total. The fraction of sp³-hybridized carbons (Fsp3) is 0.647. The zero-order valence-electron chi connectivity index (χ0n) is 12.2. The maximum absolute atomic E-state index is 5.88. The highest BCUT2D eigenvalue weighted by atomic mass is 15.0. The first-order valence-corrected chi connectivity index (χ1v) is 7.71. The van der Waals surface area contributed by atoms with Gasteiger partial charge in [0, 0.05) is 17.8 Å². The van der Waals surface area contributed by atoms with Crippen molar-refractivity contribution in [1.29, 1.82) is 0 Å². The highest BCUT2D eigenvalue weighted by Crippen LogP contribution is 2.39. The Bertz CT molecular complexity index is 464. The normalized spacial score (nSPS) is 29.2. The Kier molecular flexibility index (Phi) is 3.30. The summed E-state index contributed by atoms with van der Waals surface area (Å²) in [6.07, 6.45) is 7.85. The van der Waals surface area contributed by atoms with Gasteiger partial charge in [-0.3, -0.25) is 0 Å². The zero-order chi connectivity index (χ0) is 13.5. The largest absolute Gasteiger partial charge is 0.399 e. The molecular formula is C17H26N2. The molecule has 0 bridgehead atoms. The summed E-state index contributed by atoms with van der Waals surface area (Å²) in [7, 11) is 0. The molecule has 2 aliphatic carbocycles. The summed E-state index contributed by atoms with van der Waals surface area (Å²) < 4.78 is 0. The van der Waals surface area contributed by atoms with Crippen molar-refractivity contribution < 1.29 is 0 Å². The number of nitrogen functional groups attached to an aromatic ring is 1. The van der Waals surface area contributed by atoms with E-state index in [0.717, 1.165) is 5.69 Å². The number of hydrogen-bond acceptors (Lipinski definition) is 2. The lowest BCUT2D eigenvalue weighted by molar-refractivity contribution is 0.155. The summed E-state index contributed by atoms with van der Waals surface area (Å²) in [5.41, 5.74) is 10.2. The van der Waals surface area contributed by atoms with Gasteiger partial charge in [-0.05, 0) is 54.4 Å². The molecule has 0 amide bonds. The molecule has 0 heterocycles. The summed E-state index contributed by atoms with van der Waals surface area (Å²) in [6.45, 7) is 4.84. The van der Waals surface area contributed by atoms with Crippen molar-refractivity contribution in [3.8, 4) is 0 Å². The average molecular weight is 258 g/mol. The van der Waals surface area contributed by atoms with Crippen molar-refractivity contribution in [2.24, 2.45) is 5.41 Å². The SMILES string of the molecule is CC1(C)CCCCC1NC1CCc2cc(N)ccc21. The molecule has 2 heteroatoms. The number of anilines is 1. The summed E-state index contributed by atoms with van der Waals surface area (Å²) in [5.74, 6) is 0. The van der Waals surface area contributed by atoms with E-state index in [2.05, 4.69) is 31.3 Å². The average Bonchev–Trinajstić information content (AvgIpc) is 2.74. The quantitative estimate of drug-likeness (QED) is 0.792. The Morgan fingerprint density at radius 2 is 2.05 bits per heavy atom. The Hall–Kier alpha value is -1.02. The molecule has 0 radical (unpaired) electrons. The minimum Gasteiger partial charge on any atom is -0.399 e. The molecule has 1 aromatic rings. The van der Waals surface area contributed by atoms with Gasteiger partial charge in [0.1, 0.15) is 0 Å². The van der Waals surface area contributed by atoms with Crippen LogP contribution in [0.4, 0.5) is 5.69 Å². The Morgan fingerprint density at radius 3 is 2.84 bits per heavy atom.